The van der Waals surface area contributed by atoms with Crippen LogP contribution in [-0.2, 0) is 9.59 Å². The zero-order chi connectivity index (χ0) is 14.0. The summed E-state index contributed by atoms with van der Waals surface area (Å²) < 4.78 is 12.9. The van der Waals surface area contributed by atoms with Crippen LogP contribution in [-0.4, -0.2) is 23.9 Å². The maximum atomic E-state index is 12.9. The van der Waals surface area contributed by atoms with Gasteiger partial charge in [-0.25, -0.2) is 4.39 Å². The summed E-state index contributed by atoms with van der Waals surface area (Å²) in [6.45, 7) is 3.88. The molecule has 1 unspecified atom stereocenters. The third-order valence-electron chi connectivity index (χ3n) is 3.54. The molecule has 1 aliphatic rings. The Kier molecular flexibility index (Phi) is 3.55. The van der Waals surface area contributed by atoms with Gasteiger partial charge in [-0.2, -0.15) is 0 Å². The Morgan fingerprint density at radius 3 is 2.53 bits per heavy atom. The van der Waals surface area contributed by atoms with E-state index < -0.39 is 5.54 Å². The van der Waals surface area contributed by atoms with Crippen LogP contribution in [0.3, 0.4) is 0 Å². The van der Waals surface area contributed by atoms with E-state index in [2.05, 4.69) is 5.32 Å². The van der Waals surface area contributed by atoms with Crippen molar-refractivity contribution < 1.29 is 14.0 Å². The number of hydrogen-bond donors (Lipinski definition) is 1. The lowest BCUT2D eigenvalue weighted by molar-refractivity contribution is -0.129. The van der Waals surface area contributed by atoms with E-state index in [4.69, 9.17) is 0 Å². The molecule has 5 heteroatoms. The molecule has 0 bridgehead atoms. The molecule has 102 valence electrons. The van der Waals surface area contributed by atoms with Crippen LogP contribution in [0, 0.1) is 5.82 Å². The van der Waals surface area contributed by atoms with Crippen LogP contribution >= 0.6 is 0 Å². The maximum Gasteiger partial charge on any atom is 0.252 e. The van der Waals surface area contributed by atoms with E-state index in [-0.39, 0.29) is 24.1 Å². The van der Waals surface area contributed by atoms with Crippen LogP contribution in [0.25, 0.3) is 0 Å². The van der Waals surface area contributed by atoms with Crippen molar-refractivity contribution in [2.45, 2.75) is 32.2 Å². The van der Waals surface area contributed by atoms with Crippen molar-refractivity contribution >= 4 is 17.5 Å². The van der Waals surface area contributed by atoms with Gasteiger partial charge in [-0.05, 0) is 37.6 Å². The molecule has 2 rings (SSSR count). The monoisotopic (exact) mass is 264 g/mol. The highest BCUT2D eigenvalue weighted by atomic mass is 19.1. The Hall–Kier alpha value is -1.91. The predicted molar refractivity (Wildman–Crippen MR) is 70.2 cm³/mol. The third-order valence-corrected chi connectivity index (χ3v) is 3.54. The number of halogens is 1. The van der Waals surface area contributed by atoms with Crippen molar-refractivity contribution in [1.82, 2.24) is 5.32 Å². The topological polar surface area (TPSA) is 49.4 Å². The van der Waals surface area contributed by atoms with E-state index in [1.54, 1.807) is 24.0 Å². The minimum absolute atomic E-state index is 0.137. The van der Waals surface area contributed by atoms with Gasteiger partial charge in [0.25, 0.3) is 5.91 Å². The minimum Gasteiger partial charge on any atom is -0.342 e. The highest BCUT2D eigenvalue weighted by Gasteiger charge is 2.39. The Bertz CT molecular complexity index is 501. The SMILES string of the molecule is CCC1(C)NC(=O)CCN(c2ccc(F)cc2)C1=O. The first-order chi connectivity index (χ1) is 8.96. The molecule has 0 radical (unpaired) electrons. The number of carbonyl (C=O) groups is 2. The lowest BCUT2D eigenvalue weighted by Gasteiger charge is -2.31. The maximum absolute atomic E-state index is 12.9. The van der Waals surface area contributed by atoms with Crippen LogP contribution in [0.4, 0.5) is 10.1 Å². The van der Waals surface area contributed by atoms with E-state index in [1.165, 1.54) is 12.1 Å². The van der Waals surface area contributed by atoms with Crippen molar-refractivity contribution in [1.29, 1.82) is 0 Å². The van der Waals surface area contributed by atoms with Crippen LogP contribution in [0.15, 0.2) is 24.3 Å². The number of carbonyl (C=O) groups excluding carboxylic acids is 2. The highest BCUT2D eigenvalue weighted by Crippen LogP contribution is 2.23. The summed E-state index contributed by atoms with van der Waals surface area (Å²) in [5.41, 5.74) is -0.287. The molecule has 1 saturated heterocycles. The zero-order valence-electron chi connectivity index (χ0n) is 11.1. The second kappa shape index (κ2) is 4.99. The first kappa shape index (κ1) is 13.5. The van der Waals surface area contributed by atoms with E-state index in [1.807, 2.05) is 6.92 Å². The third kappa shape index (κ3) is 2.59. The Balaban J connectivity index is 2.36. The smallest absolute Gasteiger partial charge is 0.252 e. The minimum atomic E-state index is -0.901. The fourth-order valence-corrected chi connectivity index (χ4v) is 2.14. The predicted octanol–water partition coefficient (Wildman–Crippen LogP) is 1.85. The molecule has 2 amide bonds. The van der Waals surface area contributed by atoms with E-state index in [9.17, 15) is 14.0 Å². The molecule has 1 fully saturated rings. The first-order valence-corrected chi connectivity index (χ1v) is 6.35. The average molecular weight is 264 g/mol. The average Bonchev–Trinajstić information content (AvgIpc) is 2.50. The van der Waals surface area contributed by atoms with Crippen molar-refractivity contribution in [3.8, 4) is 0 Å². The molecule has 0 aromatic heterocycles. The number of hydrogen-bond acceptors (Lipinski definition) is 2. The summed E-state index contributed by atoms with van der Waals surface area (Å²) >= 11 is 0. The normalized spacial score (nSPS) is 24.1. The van der Waals surface area contributed by atoms with Crippen molar-refractivity contribution in [2.75, 3.05) is 11.4 Å². The number of amides is 2. The molecule has 1 heterocycles. The lowest BCUT2D eigenvalue weighted by Crippen LogP contribution is -2.54. The summed E-state index contributed by atoms with van der Waals surface area (Å²) in [4.78, 5) is 25.8. The Morgan fingerprint density at radius 1 is 1.32 bits per heavy atom. The summed E-state index contributed by atoms with van der Waals surface area (Å²) in [5.74, 6) is -0.645. The molecule has 0 aliphatic carbocycles. The molecule has 0 saturated carbocycles. The molecule has 1 aromatic carbocycles. The second-order valence-corrected chi connectivity index (χ2v) is 4.92. The highest BCUT2D eigenvalue weighted by molar-refractivity contribution is 6.03. The van der Waals surface area contributed by atoms with Gasteiger partial charge in [0.15, 0.2) is 0 Å². The van der Waals surface area contributed by atoms with Gasteiger partial charge in [-0.15, -0.1) is 0 Å². The van der Waals surface area contributed by atoms with Gasteiger partial charge in [0, 0.05) is 18.7 Å². The largest absolute Gasteiger partial charge is 0.342 e. The number of anilines is 1. The molecular formula is C14H17FN2O2. The number of benzene rings is 1. The molecule has 0 spiro atoms. The van der Waals surface area contributed by atoms with Gasteiger partial charge in [0.05, 0.1) is 0 Å². The summed E-state index contributed by atoms with van der Waals surface area (Å²) in [6.07, 6.45) is 0.758. The van der Waals surface area contributed by atoms with Crippen LogP contribution in [0.1, 0.15) is 26.7 Å². The molecule has 1 N–H and O–H groups in total. The zero-order valence-corrected chi connectivity index (χ0v) is 11.1. The van der Waals surface area contributed by atoms with Crippen LogP contribution in [0.5, 0.6) is 0 Å². The summed E-state index contributed by atoms with van der Waals surface area (Å²) in [5, 5.41) is 2.76. The Labute approximate surface area is 111 Å². The number of nitrogens with one attached hydrogen (secondary N) is 1. The van der Waals surface area contributed by atoms with E-state index in [0.717, 1.165) is 0 Å². The molecule has 4 nitrogen and oxygen atoms in total. The van der Waals surface area contributed by atoms with Crippen molar-refractivity contribution in [3.05, 3.63) is 30.1 Å². The molecule has 1 atom stereocenters. The molecule has 1 aliphatic heterocycles. The van der Waals surface area contributed by atoms with E-state index >= 15 is 0 Å². The summed E-state index contributed by atoms with van der Waals surface area (Å²) in [7, 11) is 0. The van der Waals surface area contributed by atoms with Crippen molar-refractivity contribution in [3.63, 3.8) is 0 Å². The fourth-order valence-electron chi connectivity index (χ4n) is 2.14. The van der Waals surface area contributed by atoms with Gasteiger partial charge >= 0.3 is 0 Å². The Morgan fingerprint density at radius 2 is 1.95 bits per heavy atom. The van der Waals surface area contributed by atoms with Gasteiger partial charge in [-0.1, -0.05) is 6.92 Å². The lowest BCUT2D eigenvalue weighted by atomic mass is 9.97. The second-order valence-electron chi connectivity index (χ2n) is 4.92. The number of nitrogens with zero attached hydrogens (tertiary/aromatic N) is 1. The van der Waals surface area contributed by atoms with Crippen LogP contribution < -0.4 is 10.2 Å². The van der Waals surface area contributed by atoms with Crippen LogP contribution in [0.2, 0.25) is 0 Å². The number of rotatable bonds is 2. The van der Waals surface area contributed by atoms with Gasteiger partial charge in [0.2, 0.25) is 5.91 Å². The van der Waals surface area contributed by atoms with Gasteiger partial charge in [0.1, 0.15) is 11.4 Å². The summed E-state index contributed by atoms with van der Waals surface area (Å²) in [6, 6.07) is 5.73. The van der Waals surface area contributed by atoms with E-state index in [0.29, 0.717) is 18.7 Å². The van der Waals surface area contributed by atoms with Gasteiger partial charge < -0.3 is 10.2 Å². The molecular weight excluding hydrogens is 247 g/mol. The van der Waals surface area contributed by atoms with Gasteiger partial charge in [-0.3, -0.25) is 9.59 Å². The quantitative estimate of drug-likeness (QED) is 0.886. The van der Waals surface area contributed by atoms with Crippen molar-refractivity contribution in [2.24, 2.45) is 0 Å². The standard InChI is InChI=1S/C14H17FN2O2/c1-3-14(2)13(19)17(9-8-12(18)16-14)11-6-4-10(15)5-7-11/h4-7H,3,8-9H2,1-2H3,(H,16,18). The fraction of sp³-hybridized carbons (Fsp3) is 0.429. The molecule has 19 heavy (non-hydrogen) atoms. The molecule has 1 aromatic rings. The first-order valence-electron chi connectivity index (χ1n) is 6.35.